The molecule has 90 valence electrons. The molecule has 0 spiro atoms. The van der Waals surface area contributed by atoms with Gasteiger partial charge < -0.3 is 9.47 Å². The third-order valence-corrected chi connectivity index (χ3v) is 2.00. The van der Waals surface area contributed by atoms with E-state index >= 15 is 0 Å². The number of pyridine rings is 1. The number of carbonyl (C=O) groups is 2. The molecule has 1 rings (SSSR count). The highest BCUT2D eigenvalue weighted by Gasteiger charge is 2.05. The molecule has 0 amide bonds. The molecule has 0 aromatic carbocycles. The lowest BCUT2D eigenvalue weighted by Gasteiger charge is -1.99. The average molecular weight is 235 g/mol. The fourth-order valence-corrected chi connectivity index (χ4v) is 1.15. The van der Waals surface area contributed by atoms with Crippen LogP contribution in [0.25, 0.3) is 6.08 Å². The largest absolute Gasteiger partial charge is 0.469 e. The van der Waals surface area contributed by atoms with Gasteiger partial charge in [-0.15, -0.1) is 0 Å². The third-order valence-electron chi connectivity index (χ3n) is 2.00. The molecule has 0 N–H and O–H groups in total. The van der Waals surface area contributed by atoms with E-state index in [9.17, 15) is 9.59 Å². The van der Waals surface area contributed by atoms with Crippen molar-refractivity contribution in [2.45, 2.75) is 6.42 Å². The zero-order chi connectivity index (χ0) is 12.7. The lowest BCUT2D eigenvalue weighted by Crippen LogP contribution is -2.01. The van der Waals surface area contributed by atoms with Crippen LogP contribution < -0.4 is 0 Å². The Kier molecular flexibility index (Phi) is 4.87. The molecule has 0 saturated heterocycles. The lowest BCUT2D eigenvalue weighted by molar-refractivity contribution is -0.139. The molecule has 1 aromatic heterocycles. The molecule has 0 aliphatic rings. The van der Waals surface area contributed by atoms with Crippen LogP contribution in [0.15, 0.2) is 24.5 Å². The van der Waals surface area contributed by atoms with Crippen LogP contribution in [0.5, 0.6) is 0 Å². The summed E-state index contributed by atoms with van der Waals surface area (Å²) in [5, 5.41) is 0. The van der Waals surface area contributed by atoms with Crippen molar-refractivity contribution in [3.8, 4) is 0 Å². The van der Waals surface area contributed by atoms with Gasteiger partial charge in [0.05, 0.1) is 26.2 Å². The number of carbonyl (C=O) groups excluding carboxylic acids is 2. The zero-order valence-electron chi connectivity index (χ0n) is 9.67. The summed E-state index contributed by atoms with van der Waals surface area (Å²) in [5.74, 6) is -0.765. The van der Waals surface area contributed by atoms with Crippen LogP contribution in [0.4, 0.5) is 0 Å². The highest BCUT2D eigenvalue weighted by atomic mass is 16.5. The Hall–Kier alpha value is -2.17. The molecule has 0 aliphatic heterocycles. The van der Waals surface area contributed by atoms with E-state index in [0.717, 1.165) is 5.56 Å². The summed E-state index contributed by atoms with van der Waals surface area (Å²) in [4.78, 5) is 26.0. The van der Waals surface area contributed by atoms with Gasteiger partial charge >= 0.3 is 11.9 Å². The molecule has 1 heterocycles. The Morgan fingerprint density at radius 1 is 1.29 bits per heavy atom. The zero-order valence-corrected chi connectivity index (χ0v) is 9.67. The first-order valence-corrected chi connectivity index (χ1v) is 4.94. The SMILES string of the molecule is COC(=O)CC=Cc1cncc(C(=O)OC)c1. The van der Waals surface area contributed by atoms with Crippen LogP contribution in [-0.4, -0.2) is 31.1 Å². The van der Waals surface area contributed by atoms with E-state index in [-0.39, 0.29) is 12.4 Å². The lowest BCUT2D eigenvalue weighted by atomic mass is 10.2. The predicted molar refractivity (Wildman–Crippen MR) is 61.2 cm³/mol. The average Bonchev–Trinajstić information content (AvgIpc) is 2.38. The van der Waals surface area contributed by atoms with E-state index in [2.05, 4.69) is 14.5 Å². The summed E-state index contributed by atoms with van der Waals surface area (Å²) in [6.45, 7) is 0. The standard InChI is InChI=1S/C12H13NO4/c1-16-11(14)5-3-4-9-6-10(8-13-7-9)12(15)17-2/h3-4,6-8H,5H2,1-2H3. The molecular weight excluding hydrogens is 222 g/mol. The fraction of sp³-hybridized carbons (Fsp3) is 0.250. The molecule has 0 saturated carbocycles. The number of aromatic nitrogens is 1. The number of esters is 2. The monoisotopic (exact) mass is 235 g/mol. The summed E-state index contributed by atoms with van der Waals surface area (Å²) in [5.41, 5.74) is 1.09. The van der Waals surface area contributed by atoms with E-state index in [1.165, 1.54) is 20.4 Å². The highest BCUT2D eigenvalue weighted by Crippen LogP contribution is 2.06. The van der Waals surface area contributed by atoms with Gasteiger partial charge in [-0.05, 0) is 11.6 Å². The van der Waals surface area contributed by atoms with Crippen molar-refractivity contribution < 1.29 is 19.1 Å². The van der Waals surface area contributed by atoms with Gasteiger partial charge in [0, 0.05) is 12.4 Å². The molecule has 5 heteroatoms. The van der Waals surface area contributed by atoms with Crippen LogP contribution in [0.3, 0.4) is 0 Å². The quantitative estimate of drug-likeness (QED) is 0.739. The summed E-state index contributed by atoms with van der Waals surface area (Å²) < 4.78 is 9.06. The number of ether oxygens (including phenoxy) is 2. The smallest absolute Gasteiger partial charge is 0.339 e. The van der Waals surface area contributed by atoms with E-state index in [1.54, 1.807) is 24.4 Å². The molecular formula is C12H13NO4. The Balaban J connectivity index is 2.72. The number of hydrogen-bond donors (Lipinski definition) is 0. The Labute approximate surface area is 99.1 Å². The maximum atomic E-state index is 11.2. The Morgan fingerprint density at radius 2 is 2.06 bits per heavy atom. The molecule has 0 atom stereocenters. The number of methoxy groups -OCH3 is 2. The summed E-state index contributed by atoms with van der Waals surface area (Å²) >= 11 is 0. The van der Waals surface area contributed by atoms with Gasteiger partial charge in [-0.1, -0.05) is 12.2 Å². The van der Waals surface area contributed by atoms with Gasteiger partial charge in [-0.3, -0.25) is 9.78 Å². The van der Waals surface area contributed by atoms with Crippen molar-refractivity contribution in [2.24, 2.45) is 0 Å². The molecule has 0 fully saturated rings. The second-order valence-corrected chi connectivity index (χ2v) is 3.18. The van der Waals surface area contributed by atoms with Crippen LogP contribution in [0.2, 0.25) is 0 Å². The van der Waals surface area contributed by atoms with Gasteiger partial charge in [-0.25, -0.2) is 4.79 Å². The highest BCUT2D eigenvalue weighted by molar-refractivity contribution is 5.89. The minimum atomic E-state index is -0.444. The maximum absolute atomic E-state index is 11.2. The van der Waals surface area contributed by atoms with E-state index in [4.69, 9.17) is 0 Å². The third kappa shape index (κ3) is 4.06. The van der Waals surface area contributed by atoms with Crippen molar-refractivity contribution in [1.29, 1.82) is 0 Å². The topological polar surface area (TPSA) is 65.5 Å². The maximum Gasteiger partial charge on any atom is 0.339 e. The predicted octanol–water partition coefficient (Wildman–Crippen LogP) is 1.44. The molecule has 0 radical (unpaired) electrons. The number of rotatable bonds is 4. The van der Waals surface area contributed by atoms with Crippen LogP contribution in [0, 0.1) is 0 Å². The van der Waals surface area contributed by atoms with Crippen molar-refractivity contribution in [1.82, 2.24) is 4.98 Å². The first-order chi connectivity index (χ1) is 8.17. The van der Waals surface area contributed by atoms with Crippen molar-refractivity contribution >= 4 is 18.0 Å². The molecule has 0 unspecified atom stereocenters. The van der Waals surface area contributed by atoms with Crippen molar-refractivity contribution in [3.63, 3.8) is 0 Å². The van der Waals surface area contributed by atoms with Gasteiger partial charge in [0.2, 0.25) is 0 Å². The van der Waals surface area contributed by atoms with Gasteiger partial charge in [-0.2, -0.15) is 0 Å². The van der Waals surface area contributed by atoms with Crippen molar-refractivity contribution in [3.05, 3.63) is 35.7 Å². The van der Waals surface area contributed by atoms with Crippen LogP contribution in [0.1, 0.15) is 22.3 Å². The van der Waals surface area contributed by atoms with Crippen LogP contribution in [-0.2, 0) is 14.3 Å². The van der Waals surface area contributed by atoms with E-state index in [0.29, 0.717) is 5.56 Å². The van der Waals surface area contributed by atoms with Crippen molar-refractivity contribution in [2.75, 3.05) is 14.2 Å². The number of nitrogens with zero attached hydrogens (tertiary/aromatic N) is 1. The molecule has 0 aliphatic carbocycles. The van der Waals surface area contributed by atoms with Gasteiger partial charge in [0.15, 0.2) is 0 Å². The molecule has 5 nitrogen and oxygen atoms in total. The van der Waals surface area contributed by atoms with Crippen LogP contribution >= 0.6 is 0 Å². The molecule has 1 aromatic rings. The summed E-state index contributed by atoms with van der Waals surface area (Å²) in [6.07, 6.45) is 6.52. The summed E-state index contributed by atoms with van der Waals surface area (Å²) in [7, 11) is 2.64. The first-order valence-electron chi connectivity index (χ1n) is 4.94. The minimum Gasteiger partial charge on any atom is -0.469 e. The minimum absolute atomic E-state index is 0.180. The fourth-order valence-electron chi connectivity index (χ4n) is 1.15. The molecule has 17 heavy (non-hydrogen) atoms. The van der Waals surface area contributed by atoms with Gasteiger partial charge in [0.25, 0.3) is 0 Å². The second-order valence-electron chi connectivity index (χ2n) is 3.18. The molecule has 0 bridgehead atoms. The summed E-state index contributed by atoms with van der Waals surface area (Å²) in [6, 6.07) is 1.63. The Morgan fingerprint density at radius 3 is 2.71 bits per heavy atom. The van der Waals surface area contributed by atoms with E-state index < -0.39 is 5.97 Å². The Bertz CT molecular complexity index is 440. The number of hydrogen-bond acceptors (Lipinski definition) is 5. The van der Waals surface area contributed by atoms with Gasteiger partial charge in [0.1, 0.15) is 0 Å². The van der Waals surface area contributed by atoms with E-state index in [1.807, 2.05) is 0 Å². The second kappa shape index (κ2) is 6.42. The normalized spacial score (nSPS) is 10.2. The first kappa shape index (κ1) is 12.9.